The smallest absolute Gasteiger partial charge is 0.0795 e. The van der Waals surface area contributed by atoms with Gasteiger partial charge in [0.15, 0.2) is 0 Å². The number of hydrogen-bond donors (Lipinski definition) is 0. The van der Waals surface area contributed by atoms with Crippen LogP contribution in [0.5, 0.6) is 0 Å². The third-order valence-corrected chi connectivity index (χ3v) is 3.19. The van der Waals surface area contributed by atoms with Gasteiger partial charge in [0.2, 0.25) is 0 Å². The van der Waals surface area contributed by atoms with Crippen molar-refractivity contribution in [1.29, 1.82) is 5.26 Å². The van der Waals surface area contributed by atoms with Crippen molar-refractivity contribution in [2.45, 2.75) is 33.2 Å². The van der Waals surface area contributed by atoms with Gasteiger partial charge in [-0.25, -0.2) is 4.98 Å². The van der Waals surface area contributed by atoms with Crippen molar-refractivity contribution in [2.75, 3.05) is 13.6 Å². The molecule has 0 aliphatic heterocycles. The Kier molecular flexibility index (Phi) is 4.91. The van der Waals surface area contributed by atoms with Crippen LogP contribution in [0.25, 0.3) is 0 Å². The molecule has 0 aliphatic carbocycles. The Morgan fingerprint density at radius 3 is 2.88 bits per heavy atom. The summed E-state index contributed by atoms with van der Waals surface area (Å²) >= 11 is 1.63. The fourth-order valence-corrected chi connectivity index (χ4v) is 2.07. The van der Waals surface area contributed by atoms with Crippen LogP contribution in [0.15, 0.2) is 10.9 Å². The summed E-state index contributed by atoms with van der Waals surface area (Å²) in [4.78, 5) is 6.51. The molecule has 0 bridgehead atoms. The van der Waals surface area contributed by atoms with E-state index in [1.165, 1.54) is 0 Å². The second-order valence-corrected chi connectivity index (χ2v) is 5.54. The van der Waals surface area contributed by atoms with Gasteiger partial charge in [-0.15, -0.1) is 11.3 Å². The van der Waals surface area contributed by atoms with Crippen LogP contribution in [0.4, 0.5) is 0 Å². The summed E-state index contributed by atoms with van der Waals surface area (Å²) in [7, 11) is 2.10. The SMILES string of the molecule is CN(CCCC(C)(C)C#N)Cc1cscn1. The zero-order valence-corrected chi connectivity index (χ0v) is 11.0. The van der Waals surface area contributed by atoms with Gasteiger partial charge in [-0.1, -0.05) is 0 Å². The van der Waals surface area contributed by atoms with Gasteiger partial charge in [0.1, 0.15) is 0 Å². The standard InChI is InChI=1S/C12H19N3S/c1-12(2,9-13)5-4-6-15(3)7-11-8-16-10-14-11/h8,10H,4-7H2,1-3H3. The minimum atomic E-state index is -0.193. The van der Waals surface area contributed by atoms with Crippen molar-refractivity contribution in [3.8, 4) is 6.07 Å². The molecule has 1 heterocycles. The first-order valence-electron chi connectivity index (χ1n) is 5.50. The van der Waals surface area contributed by atoms with Crippen molar-refractivity contribution in [3.05, 3.63) is 16.6 Å². The Hall–Kier alpha value is -0.920. The van der Waals surface area contributed by atoms with Crippen molar-refractivity contribution in [3.63, 3.8) is 0 Å². The minimum Gasteiger partial charge on any atom is -0.301 e. The molecule has 0 aliphatic rings. The molecule has 0 aromatic carbocycles. The third kappa shape index (κ3) is 4.73. The molecular weight excluding hydrogens is 218 g/mol. The lowest BCUT2D eigenvalue weighted by atomic mass is 9.90. The second-order valence-electron chi connectivity index (χ2n) is 4.82. The van der Waals surface area contributed by atoms with E-state index in [0.29, 0.717) is 0 Å². The van der Waals surface area contributed by atoms with Crippen LogP contribution in [0.2, 0.25) is 0 Å². The Bertz CT molecular complexity index is 338. The summed E-state index contributed by atoms with van der Waals surface area (Å²) in [6, 6.07) is 2.33. The second kappa shape index (κ2) is 5.97. The summed E-state index contributed by atoms with van der Waals surface area (Å²) in [6.45, 7) is 5.90. The summed E-state index contributed by atoms with van der Waals surface area (Å²) < 4.78 is 0. The Morgan fingerprint density at radius 2 is 2.31 bits per heavy atom. The van der Waals surface area contributed by atoms with E-state index >= 15 is 0 Å². The van der Waals surface area contributed by atoms with E-state index in [0.717, 1.165) is 31.6 Å². The van der Waals surface area contributed by atoms with Crippen LogP contribution in [-0.2, 0) is 6.54 Å². The molecule has 3 nitrogen and oxygen atoms in total. The first-order chi connectivity index (χ1) is 7.53. The highest BCUT2D eigenvalue weighted by Crippen LogP contribution is 2.20. The number of nitriles is 1. The molecule has 0 unspecified atom stereocenters. The molecule has 1 aromatic heterocycles. The zero-order valence-electron chi connectivity index (χ0n) is 10.2. The molecule has 88 valence electrons. The van der Waals surface area contributed by atoms with Crippen LogP contribution in [0.3, 0.4) is 0 Å². The summed E-state index contributed by atoms with van der Waals surface area (Å²) in [6.07, 6.45) is 2.01. The maximum atomic E-state index is 8.89. The van der Waals surface area contributed by atoms with E-state index in [4.69, 9.17) is 5.26 Å². The van der Waals surface area contributed by atoms with Crippen LogP contribution in [0.1, 0.15) is 32.4 Å². The third-order valence-electron chi connectivity index (χ3n) is 2.56. The van der Waals surface area contributed by atoms with E-state index in [1.54, 1.807) is 11.3 Å². The van der Waals surface area contributed by atoms with Gasteiger partial charge in [-0.3, -0.25) is 0 Å². The lowest BCUT2D eigenvalue weighted by Crippen LogP contribution is -2.21. The molecule has 0 fully saturated rings. The quantitative estimate of drug-likeness (QED) is 0.763. The van der Waals surface area contributed by atoms with Gasteiger partial charge in [-0.05, 0) is 40.3 Å². The van der Waals surface area contributed by atoms with Gasteiger partial charge in [0, 0.05) is 11.9 Å². The molecule has 0 spiro atoms. The molecule has 0 saturated heterocycles. The lowest BCUT2D eigenvalue weighted by Gasteiger charge is -2.19. The summed E-state index contributed by atoms with van der Waals surface area (Å²) in [5, 5.41) is 11.0. The van der Waals surface area contributed by atoms with Gasteiger partial charge >= 0.3 is 0 Å². The fraction of sp³-hybridized carbons (Fsp3) is 0.667. The number of rotatable bonds is 6. The maximum absolute atomic E-state index is 8.89. The normalized spacial score (nSPS) is 11.7. The van der Waals surface area contributed by atoms with E-state index in [2.05, 4.69) is 28.4 Å². The van der Waals surface area contributed by atoms with Gasteiger partial charge in [-0.2, -0.15) is 5.26 Å². The highest BCUT2D eigenvalue weighted by Gasteiger charge is 2.16. The van der Waals surface area contributed by atoms with Crippen LogP contribution < -0.4 is 0 Å². The van der Waals surface area contributed by atoms with Crippen molar-refractivity contribution >= 4 is 11.3 Å². The number of nitrogens with zero attached hydrogens (tertiary/aromatic N) is 3. The van der Waals surface area contributed by atoms with Crippen molar-refractivity contribution in [2.24, 2.45) is 5.41 Å². The number of thiazole rings is 1. The van der Waals surface area contributed by atoms with Crippen LogP contribution >= 0.6 is 11.3 Å². The van der Waals surface area contributed by atoms with E-state index in [1.807, 2.05) is 19.4 Å². The van der Waals surface area contributed by atoms with Gasteiger partial charge in [0.25, 0.3) is 0 Å². The van der Waals surface area contributed by atoms with E-state index in [-0.39, 0.29) is 5.41 Å². The monoisotopic (exact) mass is 237 g/mol. The Labute approximate surface area is 102 Å². The van der Waals surface area contributed by atoms with E-state index in [9.17, 15) is 0 Å². The highest BCUT2D eigenvalue weighted by atomic mass is 32.1. The number of aromatic nitrogens is 1. The average molecular weight is 237 g/mol. The minimum absolute atomic E-state index is 0.193. The number of hydrogen-bond acceptors (Lipinski definition) is 4. The zero-order chi connectivity index (χ0) is 12.0. The Balaban J connectivity index is 2.21. The Morgan fingerprint density at radius 1 is 1.56 bits per heavy atom. The van der Waals surface area contributed by atoms with Crippen LogP contribution in [0, 0.1) is 16.7 Å². The predicted octanol–water partition coefficient (Wildman–Crippen LogP) is 2.90. The molecule has 4 heteroatoms. The topological polar surface area (TPSA) is 39.9 Å². The molecule has 1 rings (SSSR count). The summed E-state index contributed by atoms with van der Waals surface area (Å²) in [5.41, 5.74) is 2.80. The molecule has 1 aromatic rings. The average Bonchev–Trinajstić information content (AvgIpc) is 2.70. The fourth-order valence-electron chi connectivity index (χ4n) is 1.52. The van der Waals surface area contributed by atoms with Gasteiger partial charge < -0.3 is 4.90 Å². The van der Waals surface area contributed by atoms with Gasteiger partial charge in [0.05, 0.1) is 22.7 Å². The molecule has 0 amide bonds. The molecule has 0 saturated carbocycles. The van der Waals surface area contributed by atoms with E-state index < -0.39 is 0 Å². The molecule has 0 atom stereocenters. The molecule has 16 heavy (non-hydrogen) atoms. The maximum Gasteiger partial charge on any atom is 0.0795 e. The first-order valence-corrected chi connectivity index (χ1v) is 6.45. The van der Waals surface area contributed by atoms with Crippen molar-refractivity contribution in [1.82, 2.24) is 9.88 Å². The highest BCUT2D eigenvalue weighted by molar-refractivity contribution is 7.07. The van der Waals surface area contributed by atoms with Crippen LogP contribution in [-0.4, -0.2) is 23.5 Å². The molecule has 0 N–H and O–H groups in total. The predicted molar refractivity (Wildman–Crippen MR) is 67.1 cm³/mol. The summed E-state index contributed by atoms with van der Waals surface area (Å²) in [5.74, 6) is 0. The van der Waals surface area contributed by atoms with Crippen molar-refractivity contribution < 1.29 is 0 Å². The largest absolute Gasteiger partial charge is 0.301 e. The first kappa shape index (κ1) is 13.1. The molecular formula is C12H19N3S. The molecule has 0 radical (unpaired) electrons. The lowest BCUT2D eigenvalue weighted by molar-refractivity contribution is 0.295.